The first-order valence-electron chi connectivity index (χ1n) is 7.27. The molecular formula is C16H21NO3. The molecule has 2 heterocycles. The minimum Gasteiger partial charge on any atom is -0.445 e. The molecule has 4 heteroatoms. The Morgan fingerprint density at radius 1 is 1.45 bits per heavy atom. The second-order valence-corrected chi connectivity index (χ2v) is 5.93. The number of epoxide rings is 1. The molecule has 0 spiro atoms. The largest absolute Gasteiger partial charge is 0.445 e. The molecule has 2 aliphatic rings. The number of piperidine rings is 1. The molecule has 0 unspecified atom stereocenters. The number of likely N-dealkylation sites (tertiary alicyclic amines) is 1. The molecule has 3 rings (SSSR count). The van der Waals surface area contributed by atoms with E-state index in [4.69, 9.17) is 9.47 Å². The SMILES string of the molecule is C[C@@]1([C@H]2CCCN(C(=O)OCc3ccccc3)C2)CO1. The highest BCUT2D eigenvalue weighted by Crippen LogP contribution is 2.39. The summed E-state index contributed by atoms with van der Waals surface area (Å²) in [6.07, 6.45) is 1.96. The fourth-order valence-corrected chi connectivity index (χ4v) is 2.80. The van der Waals surface area contributed by atoms with Crippen LogP contribution in [0.15, 0.2) is 30.3 Å². The third-order valence-corrected chi connectivity index (χ3v) is 4.35. The van der Waals surface area contributed by atoms with Crippen LogP contribution in [0.25, 0.3) is 0 Å². The Balaban J connectivity index is 1.52. The zero-order chi connectivity index (χ0) is 14.0. The summed E-state index contributed by atoms with van der Waals surface area (Å²) in [6.45, 7) is 4.85. The standard InChI is InChI=1S/C16H21NO3/c1-16(12-20-16)14-8-5-9-17(10-14)15(18)19-11-13-6-3-2-4-7-13/h2-4,6-7,14H,5,8-12H2,1H3/t14-,16-/m0/s1. The summed E-state index contributed by atoms with van der Waals surface area (Å²) in [5, 5.41) is 0. The van der Waals surface area contributed by atoms with E-state index in [0.29, 0.717) is 12.5 Å². The number of rotatable bonds is 3. The van der Waals surface area contributed by atoms with Crippen molar-refractivity contribution in [2.24, 2.45) is 5.92 Å². The molecule has 20 heavy (non-hydrogen) atoms. The lowest BCUT2D eigenvalue weighted by molar-refractivity contribution is 0.0656. The van der Waals surface area contributed by atoms with Crippen molar-refractivity contribution in [3.8, 4) is 0 Å². The maximum atomic E-state index is 12.1. The van der Waals surface area contributed by atoms with E-state index >= 15 is 0 Å². The number of hydrogen-bond donors (Lipinski definition) is 0. The van der Waals surface area contributed by atoms with Crippen LogP contribution in [0, 0.1) is 5.92 Å². The molecule has 2 atom stereocenters. The lowest BCUT2D eigenvalue weighted by atomic mass is 9.87. The zero-order valence-corrected chi connectivity index (χ0v) is 11.9. The molecular weight excluding hydrogens is 254 g/mol. The Morgan fingerprint density at radius 2 is 2.20 bits per heavy atom. The molecule has 1 aromatic rings. The first-order chi connectivity index (χ1) is 9.67. The van der Waals surface area contributed by atoms with E-state index in [9.17, 15) is 4.79 Å². The summed E-state index contributed by atoms with van der Waals surface area (Å²) >= 11 is 0. The number of benzene rings is 1. The molecule has 0 bridgehead atoms. The Hall–Kier alpha value is -1.55. The van der Waals surface area contributed by atoms with Crippen LogP contribution < -0.4 is 0 Å². The zero-order valence-electron chi connectivity index (χ0n) is 11.9. The van der Waals surface area contributed by atoms with Crippen molar-refractivity contribution in [3.05, 3.63) is 35.9 Å². The molecule has 4 nitrogen and oxygen atoms in total. The van der Waals surface area contributed by atoms with Gasteiger partial charge in [-0.05, 0) is 25.3 Å². The van der Waals surface area contributed by atoms with E-state index in [0.717, 1.165) is 38.1 Å². The van der Waals surface area contributed by atoms with E-state index in [1.807, 2.05) is 35.2 Å². The minimum atomic E-state index is -0.206. The van der Waals surface area contributed by atoms with Gasteiger partial charge in [-0.1, -0.05) is 30.3 Å². The van der Waals surface area contributed by atoms with Crippen molar-refractivity contribution in [2.75, 3.05) is 19.7 Å². The highest BCUT2D eigenvalue weighted by Gasteiger charge is 2.48. The molecule has 0 saturated carbocycles. The molecule has 0 N–H and O–H groups in total. The number of carbonyl (C=O) groups excluding carboxylic acids is 1. The van der Waals surface area contributed by atoms with Crippen molar-refractivity contribution < 1.29 is 14.3 Å². The summed E-state index contributed by atoms with van der Waals surface area (Å²) in [5.41, 5.74) is 1.02. The molecule has 2 fully saturated rings. The maximum absolute atomic E-state index is 12.1. The van der Waals surface area contributed by atoms with Crippen LogP contribution in [0.2, 0.25) is 0 Å². The van der Waals surface area contributed by atoms with Crippen LogP contribution in [0.4, 0.5) is 4.79 Å². The van der Waals surface area contributed by atoms with Gasteiger partial charge in [-0.2, -0.15) is 0 Å². The average molecular weight is 275 g/mol. The van der Waals surface area contributed by atoms with Gasteiger partial charge in [-0.25, -0.2) is 4.79 Å². The van der Waals surface area contributed by atoms with Crippen molar-refractivity contribution in [3.63, 3.8) is 0 Å². The minimum absolute atomic E-state index is 0.00161. The molecule has 2 aliphatic heterocycles. The fraction of sp³-hybridized carbons (Fsp3) is 0.562. The van der Waals surface area contributed by atoms with E-state index in [1.54, 1.807) is 0 Å². The quantitative estimate of drug-likeness (QED) is 0.797. The molecule has 0 aliphatic carbocycles. The summed E-state index contributed by atoms with van der Waals surface area (Å²) in [4.78, 5) is 14.0. The number of ether oxygens (including phenoxy) is 2. The summed E-state index contributed by atoms with van der Waals surface area (Å²) in [7, 11) is 0. The summed E-state index contributed by atoms with van der Waals surface area (Å²) in [5.74, 6) is 0.445. The van der Waals surface area contributed by atoms with Crippen LogP contribution in [0.1, 0.15) is 25.3 Å². The van der Waals surface area contributed by atoms with E-state index in [-0.39, 0.29) is 11.7 Å². The van der Waals surface area contributed by atoms with Gasteiger partial charge >= 0.3 is 6.09 Å². The van der Waals surface area contributed by atoms with E-state index in [1.165, 1.54) is 0 Å². The van der Waals surface area contributed by atoms with Gasteiger partial charge in [0.2, 0.25) is 0 Å². The van der Waals surface area contributed by atoms with Crippen LogP contribution in [0.3, 0.4) is 0 Å². The Morgan fingerprint density at radius 3 is 2.90 bits per heavy atom. The van der Waals surface area contributed by atoms with Crippen molar-refractivity contribution in [2.45, 2.75) is 32.0 Å². The van der Waals surface area contributed by atoms with Crippen molar-refractivity contribution >= 4 is 6.09 Å². The van der Waals surface area contributed by atoms with Crippen molar-refractivity contribution in [1.29, 1.82) is 0 Å². The van der Waals surface area contributed by atoms with E-state index < -0.39 is 0 Å². The molecule has 108 valence electrons. The normalized spacial score (nSPS) is 29.1. The first-order valence-corrected chi connectivity index (χ1v) is 7.27. The average Bonchev–Trinajstić information content (AvgIpc) is 3.25. The van der Waals surface area contributed by atoms with Crippen LogP contribution in [-0.2, 0) is 16.1 Å². The summed E-state index contributed by atoms with van der Waals surface area (Å²) in [6, 6.07) is 9.78. The van der Waals surface area contributed by atoms with Gasteiger partial charge in [-0.15, -0.1) is 0 Å². The summed E-state index contributed by atoms with van der Waals surface area (Å²) < 4.78 is 10.9. The van der Waals surface area contributed by atoms with Gasteiger partial charge in [0.1, 0.15) is 6.61 Å². The van der Waals surface area contributed by atoms with Gasteiger partial charge in [-0.3, -0.25) is 0 Å². The predicted molar refractivity (Wildman–Crippen MR) is 75.3 cm³/mol. The lowest BCUT2D eigenvalue weighted by Gasteiger charge is -2.33. The van der Waals surface area contributed by atoms with Gasteiger partial charge < -0.3 is 14.4 Å². The van der Waals surface area contributed by atoms with Gasteiger partial charge in [0, 0.05) is 19.0 Å². The highest BCUT2D eigenvalue weighted by molar-refractivity contribution is 5.67. The number of amides is 1. The second kappa shape index (κ2) is 5.44. The number of carbonyl (C=O) groups is 1. The van der Waals surface area contributed by atoms with Crippen LogP contribution >= 0.6 is 0 Å². The molecule has 1 amide bonds. The Kier molecular flexibility index (Phi) is 3.66. The number of hydrogen-bond acceptors (Lipinski definition) is 3. The number of nitrogens with zero attached hydrogens (tertiary/aromatic N) is 1. The molecule has 0 radical (unpaired) electrons. The fourth-order valence-electron chi connectivity index (χ4n) is 2.80. The van der Waals surface area contributed by atoms with Crippen LogP contribution in [-0.4, -0.2) is 36.3 Å². The third-order valence-electron chi connectivity index (χ3n) is 4.35. The van der Waals surface area contributed by atoms with Crippen molar-refractivity contribution in [1.82, 2.24) is 4.90 Å². The predicted octanol–water partition coefficient (Wildman–Crippen LogP) is 2.82. The monoisotopic (exact) mass is 275 g/mol. The molecule has 1 aromatic carbocycles. The Bertz CT molecular complexity index is 470. The van der Waals surface area contributed by atoms with Gasteiger partial charge in [0.05, 0.1) is 12.2 Å². The molecule has 0 aromatic heterocycles. The second-order valence-electron chi connectivity index (χ2n) is 5.93. The van der Waals surface area contributed by atoms with Gasteiger partial charge in [0.15, 0.2) is 0 Å². The smallest absolute Gasteiger partial charge is 0.410 e. The Labute approximate surface area is 119 Å². The molecule has 2 saturated heterocycles. The maximum Gasteiger partial charge on any atom is 0.410 e. The third kappa shape index (κ3) is 2.96. The van der Waals surface area contributed by atoms with E-state index in [2.05, 4.69) is 6.92 Å². The first kappa shape index (κ1) is 13.4. The topological polar surface area (TPSA) is 42.1 Å². The highest BCUT2D eigenvalue weighted by atomic mass is 16.6. The lowest BCUT2D eigenvalue weighted by Crippen LogP contribution is -2.44. The van der Waals surface area contributed by atoms with Crippen LogP contribution in [0.5, 0.6) is 0 Å². The van der Waals surface area contributed by atoms with Gasteiger partial charge in [0.25, 0.3) is 0 Å².